The van der Waals surface area contributed by atoms with Gasteiger partial charge in [-0.25, -0.2) is 4.98 Å². The number of anilines is 1. The van der Waals surface area contributed by atoms with E-state index in [0.29, 0.717) is 5.69 Å². The van der Waals surface area contributed by atoms with Gasteiger partial charge in [-0.3, -0.25) is 4.40 Å². The largest absolute Gasteiger partial charge is 0.496 e. The van der Waals surface area contributed by atoms with Crippen LogP contribution >= 0.6 is 0 Å². The highest BCUT2D eigenvalue weighted by molar-refractivity contribution is 5.69. The molecule has 0 radical (unpaired) electrons. The van der Waals surface area contributed by atoms with Crippen LogP contribution in [0.3, 0.4) is 0 Å². The highest BCUT2D eigenvalue weighted by Crippen LogP contribution is 2.29. The van der Waals surface area contributed by atoms with Crippen molar-refractivity contribution in [2.75, 3.05) is 12.8 Å². The molecule has 4 nitrogen and oxygen atoms in total. The smallest absolute Gasteiger partial charge is 0.148 e. The minimum atomic E-state index is 0.705. The second-order valence-corrected chi connectivity index (χ2v) is 4.04. The maximum absolute atomic E-state index is 5.82. The summed E-state index contributed by atoms with van der Waals surface area (Å²) in [6.45, 7) is 0. The van der Waals surface area contributed by atoms with Crippen LogP contribution in [0.5, 0.6) is 5.75 Å². The van der Waals surface area contributed by atoms with Gasteiger partial charge in [-0.05, 0) is 24.3 Å². The average Bonchev–Trinajstić information content (AvgIpc) is 2.81. The summed E-state index contributed by atoms with van der Waals surface area (Å²) in [6, 6.07) is 11.6. The van der Waals surface area contributed by atoms with Gasteiger partial charge in [0.05, 0.1) is 24.4 Å². The highest BCUT2D eigenvalue weighted by Gasteiger charge is 2.10. The lowest BCUT2D eigenvalue weighted by atomic mass is 10.2. The molecular formula is C14H13N3O. The maximum atomic E-state index is 5.82. The topological polar surface area (TPSA) is 52.5 Å². The molecule has 0 saturated heterocycles. The minimum Gasteiger partial charge on any atom is -0.496 e. The number of pyridine rings is 1. The van der Waals surface area contributed by atoms with Crippen LogP contribution in [0.2, 0.25) is 0 Å². The van der Waals surface area contributed by atoms with Crippen LogP contribution in [0.4, 0.5) is 5.69 Å². The molecular weight excluding hydrogens is 226 g/mol. The number of methoxy groups -OCH3 is 1. The van der Waals surface area contributed by atoms with E-state index >= 15 is 0 Å². The fourth-order valence-electron chi connectivity index (χ4n) is 2.04. The molecule has 0 bridgehead atoms. The van der Waals surface area contributed by atoms with Crippen molar-refractivity contribution < 1.29 is 4.74 Å². The standard InChI is InChI=1S/C14H13N3O/c1-18-13-5-3-2-4-12(13)14-16-8-11-7-6-10(15)9-17(11)14/h2-9H,15H2,1H3. The molecule has 90 valence electrons. The number of nitrogens with zero attached hydrogens (tertiary/aromatic N) is 2. The fourth-order valence-corrected chi connectivity index (χ4v) is 2.04. The van der Waals surface area contributed by atoms with Crippen molar-refractivity contribution in [3.05, 3.63) is 48.8 Å². The molecule has 0 unspecified atom stereocenters. The van der Waals surface area contributed by atoms with E-state index in [9.17, 15) is 0 Å². The quantitative estimate of drug-likeness (QED) is 0.747. The number of hydrogen-bond acceptors (Lipinski definition) is 3. The summed E-state index contributed by atoms with van der Waals surface area (Å²) in [6.07, 6.45) is 3.69. The molecule has 0 aliphatic rings. The zero-order chi connectivity index (χ0) is 12.5. The Kier molecular flexibility index (Phi) is 2.41. The zero-order valence-corrected chi connectivity index (χ0v) is 10.00. The number of nitrogen functional groups attached to an aromatic ring is 1. The van der Waals surface area contributed by atoms with Gasteiger partial charge >= 0.3 is 0 Å². The van der Waals surface area contributed by atoms with Crippen molar-refractivity contribution in [1.29, 1.82) is 0 Å². The summed E-state index contributed by atoms with van der Waals surface area (Å²) in [5, 5.41) is 0. The van der Waals surface area contributed by atoms with Crippen molar-refractivity contribution >= 4 is 11.2 Å². The summed E-state index contributed by atoms with van der Waals surface area (Å²) < 4.78 is 7.33. The van der Waals surface area contributed by atoms with Crippen LogP contribution in [-0.4, -0.2) is 16.5 Å². The molecule has 0 aliphatic heterocycles. The Morgan fingerprint density at radius 3 is 2.83 bits per heavy atom. The average molecular weight is 239 g/mol. The molecule has 0 aliphatic carbocycles. The van der Waals surface area contributed by atoms with E-state index < -0.39 is 0 Å². The summed E-state index contributed by atoms with van der Waals surface area (Å²) in [5.74, 6) is 1.63. The van der Waals surface area contributed by atoms with Gasteiger partial charge in [0, 0.05) is 11.9 Å². The SMILES string of the molecule is COc1ccccc1-c1ncc2ccc(N)cn12. The van der Waals surface area contributed by atoms with E-state index in [0.717, 1.165) is 22.7 Å². The molecule has 2 aromatic heterocycles. The van der Waals surface area contributed by atoms with Gasteiger partial charge in [0.15, 0.2) is 0 Å². The van der Waals surface area contributed by atoms with Crippen molar-refractivity contribution in [2.45, 2.75) is 0 Å². The number of rotatable bonds is 2. The van der Waals surface area contributed by atoms with Gasteiger partial charge < -0.3 is 10.5 Å². The molecule has 3 aromatic rings. The van der Waals surface area contributed by atoms with E-state index in [1.165, 1.54) is 0 Å². The summed E-state index contributed by atoms with van der Waals surface area (Å²) in [7, 11) is 1.66. The Hall–Kier alpha value is -2.49. The Bertz CT molecular complexity index is 703. The van der Waals surface area contributed by atoms with Gasteiger partial charge in [0.25, 0.3) is 0 Å². The zero-order valence-electron chi connectivity index (χ0n) is 10.00. The number of hydrogen-bond donors (Lipinski definition) is 1. The third-order valence-corrected chi connectivity index (χ3v) is 2.90. The Balaban J connectivity index is 2.28. The van der Waals surface area contributed by atoms with Gasteiger partial charge in [-0.15, -0.1) is 0 Å². The highest BCUT2D eigenvalue weighted by atomic mass is 16.5. The molecule has 0 amide bonds. The Morgan fingerprint density at radius 1 is 1.17 bits per heavy atom. The number of para-hydroxylation sites is 1. The van der Waals surface area contributed by atoms with E-state index in [2.05, 4.69) is 4.98 Å². The van der Waals surface area contributed by atoms with E-state index in [1.54, 1.807) is 7.11 Å². The third kappa shape index (κ3) is 1.59. The first-order valence-electron chi connectivity index (χ1n) is 5.65. The number of benzene rings is 1. The first kappa shape index (κ1) is 10.7. The number of imidazole rings is 1. The second-order valence-electron chi connectivity index (χ2n) is 4.04. The lowest BCUT2D eigenvalue weighted by molar-refractivity contribution is 0.416. The predicted octanol–water partition coefficient (Wildman–Crippen LogP) is 2.59. The van der Waals surface area contributed by atoms with Crippen LogP contribution in [0, 0.1) is 0 Å². The van der Waals surface area contributed by atoms with Crippen molar-refractivity contribution in [3.63, 3.8) is 0 Å². The van der Waals surface area contributed by atoms with E-state index in [1.807, 2.05) is 53.2 Å². The van der Waals surface area contributed by atoms with Crippen molar-refractivity contribution in [2.24, 2.45) is 0 Å². The Morgan fingerprint density at radius 2 is 2.00 bits per heavy atom. The van der Waals surface area contributed by atoms with Crippen molar-refractivity contribution in [1.82, 2.24) is 9.38 Å². The maximum Gasteiger partial charge on any atom is 0.148 e. The van der Waals surface area contributed by atoms with Crippen LogP contribution < -0.4 is 10.5 Å². The first-order valence-corrected chi connectivity index (χ1v) is 5.65. The summed E-state index contributed by atoms with van der Waals surface area (Å²) in [4.78, 5) is 4.44. The molecule has 1 aromatic carbocycles. The molecule has 0 atom stereocenters. The van der Waals surface area contributed by atoms with Crippen LogP contribution in [-0.2, 0) is 0 Å². The number of fused-ring (bicyclic) bond motifs is 1. The summed E-state index contributed by atoms with van der Waals surface area (Å²) in [5.41, 5.74) is 8.48. The molecule has 3 rings (SSSR count). The first-order chi connectivity index (χ1) is 8.79. The molecule has 2 heterocycles. The Labute approximate surface area is 105 Å². The molecule has 0 saturated carbocycles. The van der Waals surface area contributed by atoms with E-state index in [4.69, 9.17) is 10.5 Å². The van der Waals surface area contributed by atoms with Gasteiger partial charge in [-0.2, -0.15) is 0 Å². The molecule has 0 spiro atoms. The molecule has 2 N–H and O–H groups in total. The minimum absolute atomic E-state index is 0.705. The number of nitrogens with two attached hydrogens (primary N) is 1. The van der Waals surface area contributed by atoms with Crippen LogP contribution in [0.25, 0.3) is 16.9 Å². The van der Waals surface area contributed by atoms with Crippen LogP contribution in [0.15, 0.2) is 48.8 Å². The van der Waals surface area contributed by atoms with Crippen molar-refractivity contribution in [3.8, 4) is 17.1 Å². The van der Waals surface area contributed by atoms with E-state index in [-0.39, 0.29) is 0 Å². The van der Waals surface area contributed by atoms with Gasteiger partial charge in [0.2, 0.25) is 0 Å². The fraction of sp³-hybridized carbons (Fsp3) is 0.0714. The van der Waals surface area contributed by atoms with Gasteiger partial charge in [-0.1, -0.05) is 12.1 Å². The predicted molar refractivity (Wildman–Crippen MR) is 71.6 cm³/mol. The molecule has 0 fully saturated rings. The molecule has 4 heteroatoms. The summed E-state index contributed by atoms with van der Waals surface area (Å²) >= 11 is 0. The number of ether oxygens (including phenoxy) is 1. The van der Waals surface area contributed by atoms with Gasteiger partial charge in [0.1, 0.15) is 11.6 Å². The van der Waals surface area contributed by atoms with Crippen LogP contribution in [0.1, 0.15) is 0 Å². The normalized spacial score (nSPS) is 10.7. The number of aromatic nitrogens is 2. The molecule has 18 heavy (non-hydrogen) atoms. The monoisotopic (exact) mass is 239 g/mol. The second kappa shape index (κ2) is 4.07. The lowest BCUT2D eigenvalue weighted by Crippen LogP contribution is -1.94. The lowest BCUT2D eigenvalue weighted by Gasteiger charge is -2.07. The third-order valence-electron chi connectivity index (χ3n) is 2.90.